The van der Waals surface area contributed by atoms with Crippen LogP contribution in [0.5, 0.6) is 0 Å². The average Bonchev–Trinajstić information content (AvgIpc) is 3.18. The van der Waals surface area contributed by atoms with Crippen molar-refractivity contribution in [3.8, 4) is 0 Å². The highest BCUT2D eigenvalue weighted by Crippen LogP contribution is 2.27. The maximum absolute atomic E-state index is 5.97. The summed E-state index contributed by atoms with van der Waals surface area (Å²) in [7, 11) is 0. The first kappa shape index (κ1) is 12.5. The van der Waals surface area contributed by atoms with Crippen LogP contribution in [0.1, 0.15) is 12.8 Å². The SMILES string of the molecule is Clc1ccc(Nc2cc(NC3CC3)ncn2)cc1Cl. The standard InChI is InChI=1S/C13H12Cl2N4/c14-10-4-3-9(5-11(10)15)19-13-6-12(16-7-17-13)18-8-1-2-8/h3-8H,1-2H2,(H2,16,17,18,19). The van der Waals surface area contributed by atoms with Crippen molar-refractivity contribution in [2.24, 2.45) is 0 Å². The van der Waals surface area contributed by atoms with Gasteiger partial charge in [0.15, 0.2) is 0 Å². The number of nitrogens with zero attached hydrogens (tertiary/aromatic N) is 2. The molecule has 1 saturated carbocycles. The van der Waals surface area contributed by atoms with Gasteiger partial charge >= 0.3 is 0 Å². The van der Waals surface area contributed by atoms with Crippen LogP contribution >= 0.6 is 23.2 Å². The van der Waals surface area contributed by atoms with Gasteiger partial charge in [-0.1, -0.05) is 23.2 Å². The zero-order valence-electron chi connectivity index (χ0n) is 10.0. The smallest absolute Gasteiger partial charge is 0.135 e. The van der Waals surface area contributed by atoms with Gasteiger partial charge in [0.2, 0.25) is 0 Å². The molecular weight excluding hydrogens is 283 g/mol. The Morgan fingerprint density at radius 2 is 1.79 bits per heavy atom. The second-order valence-electron chi connectivity index (χ2n) is 4.46. The van der Waals surface area contributed by atoms with Gasteiger partial charge in [0.05, 0.1) is 10.0 Å². The molecule has 1 aliphatic carbocycles. The van der Waals surface area contributed by atoms with E-state index in [0.717, 1.165) is 17.3 Å². The van der Waals surface area contributed by atoms with Crippen molar-refractivity contribution >= 4 is 40.5 Å². The monoisotopic (exact) mass is 294 g/mol. The van der Waals surface area contributed by atoms with E-state index in [1.165, 1.54) is 19.2 Å². The molecular formula is C13H12Cl2N4. The Hall–Kier alpha value is -1.52. The minimum Gasteiger partial charge on any atom is -0.367 e. The van der Waals surface area contributed by atoms with Crippen LogP contribution in [0.3, 0.4) is 0 Å². The normalized spacial score (nSPS) is 14.2. The van der Waals surface area contributed by atoms with Crippen LogP contribution in [0.4, 0.5) is 17.3 Å². The Kier molecular flexibility index (Phi) is 3.44. The molecule has 2 N–H and O–H groups in total. The lowest BCUT2D eigenvalue weighted by atomic mass is 10.3. The molecule has 0 spiro atoms. The van der Waals surface area contributed by atoms with Crippen LogP contribution in [0.25, 0.3) is 0 Å². The van der Waals surface area contributed by atoms with Gasteiger partial charge in [0, 0.05) is 17.8 Å². The summed E-state index contributed by atoms with van der Waals surface area (Å²) < 4.78 is 0. The van der Waals surface area contributed by atoms with Crippen molar-refractivity contribution in [3.63, 3.8) is 0 Å². The Morgan fingerprint density at radius 3 is 2.53 bits per heavy atom. The molecule has 0 amide bonds. The number of hydrogen-bond donors (Lipinski definition) is 2. The fourth-order valence-electron chi connectivity index (χ4n) is 1.66. The number of halogens is 2. The van der Waals surface area contributed by atoms with Crippen molar-refractivity contribution in [1.29, 1.82) is 0 Å². The summed E-state index contributed by atoms with van der Waals surface area (Å²) in [4.78, 5) is 8.36. The van der Waals surface area contributed by atoms with Crippen molar-refractivity contribution < 1.29 is 0 Å². The summed E-state index contributed by atoms with van der Waals surface area (Å²) in [6.07, 6.45) is 3.95. The summed E-state index contributed by atoms with van der Waals surface area (Å²) >= 11 is 11.8. The Morgan fingerprint density at radius 1 is 1.00 bits per heavy atom. The van der Waals surface area contributed by atoms with E-state index in [4.69, 9.17) is 23.2 Å². The van der Waals surface area contributed by atoms with Crippen molar-refractivity contribution in [2.45, 2.75) is 18.9 Å². The first-order valence-electron chi connectivity index (χ1n) is 6.01. The number of benzene rings is 1. The van der Waals surface area contributed by atoms with Gasteiger partial charge in [-0.3, -0.25) is 0 Å². The molecule has 0 bridgehead atoms. The Bertz CT molecular complexity index is 599. The molecule has 1 aromatic heterocycles. The molecule has 1 aliphatic rings. The van der Waals surface area contributed by atoms with E-state index < -0.39 is 0 Å². The van der Waals surface area contributed by atoms with Crippen molar-refractivity contribution in [1.82, 2.24) is 9.97 Å². The molecule has 0 radical (unpaired) electrons. The van der Waals surface area contributed by atoms with Crippen LogP contribution in [-0.4, -0.2) is 16.0 Å². The van der Waals surface area contributed by atoms with E-state index in [2.05, 4.69) is 20.6 Å². The Labute approximate surface area is 121 Å². The fourth-order valence-corrected chi connectivity index (χ4v) is 1.96. The van der Waals surface area contributed by atoms with Crippen molar-refractivity contribution in [3.05, 3.63) is 40.6 Å². The summed E-state index contributed by atoms with van der Waals surface area (Å²) in [5, 5.41) is 7.54. The third-order valence-corrected chi connectivity index (χ3v) is 3.53. The van der Waals surface area contributed by atoms with Crippen LogP contribution in [0.15, 0.2) is 30.6 Å². The highest BCUT2D eigenvalue weighted by Gasteiger charge is 2.21. The molecule has 2 aromatic rings. The topological polar surface area (TPSA) is 49.8 Å². The predicted molar refractivity (Wildman–Crippen MR) is 78.4 cm³/mol. The number of rotatable bonds is 4. The van der Waals surface area contributed by atoms with Crippen LogP contribution in [-0.2, 0) is 0 Å². The molecule has 0 aliphatic heterocycles. The Balaban J connectivity index is 1.75. The van der Waals surface area contributed by atoms with Crippen LogP contribution in [0.2, 0.25) is 10.0 Å². The highest BCUT2D eigenvalue weighted by molar-refractivity contribution is 6.42. The number of aromatic nitrogens is 2. The molecule has 1 fully saturated rings. The van der Waals surface area contributed by atoms with Gasteiger partial charge in [-0.2, -0.15) is 0 Å². The zero-order chi connectivity index (χ0) is 13.2. The summed E-state index contributed by atoms with van der Waals surface area (Å²) in [6.45, 7) is 0. The molecule has 1 aromatic carbocycles. The molecule has 19 heavy (non-hydrogen) atoms. The maximum Gasteiger partial charge on any atom is 0.135 e. The third kappa shape index (κ3) is 3.28. The predicted octanol–water partition coefficient (Wildman–Crippen LogP) is 4.10. The van der Waals surface area contributed by atoms with Gasteiger partial charge < -0.3 is 10.6 Å². The van der Waals surface area contributed by atoms with E-state index in [1.807, 2.05) is 12.1 Å². The quantitative estimate of drug-likeness (QED) is 0.891. The average molecular weight is 295 g/mol. The lowest BCUT2D eigenvalue weighted by Crippen LogP contribution is -2.04. The molecule has 3 rings (SSSR count). The molecule has 6 heteroatoms. The first-order chi connectivity index (χ1) is 9.20. The fraction of sp³-hybridized carbons (Fsp3) is 0.231. The second-order valence-corrected chi connectivity index (χ2v) is 5.28. The number of hydrogen-bond acceptors (Lipinski definition) is 4. The van der Waals surface area contributed by atoms with Gasteiger partial charge in [-0.25, -0.2) is 9.97 Å². The summed E-state index contributed by atoms with van der Waals surface area (Å²) in [6, 6.07) is 7.80. The number of anilines is 3. The zero-order valence-corrected chi connectivity index (χ0v) is 11.5. The minimum absolute atomic E-state index is 0.511. The number of nitrogens with one attached hydrogen (secondary N) is 2. The summed E-state index contributed by atoms with van der Waals surface area (Å²) in [5.74, 6) is 1.55. The maximum atomic E-state index is 5.97. The minimum atomic E-state index is 0.511. The van der Waals surface area contributed by atoms with E-state index in [9.17, 15) is 0 Å². The van der Waals surface area contributed by atoms with Crippen LogP contribution < -0.4 is 10.6 Å². The third-order valence-electron chi connectivity index (χ3n) is 2.79. The molecule has 4 nitrogen and oxygen atoms in total. The lowest BCUT2D eigenvalue weighted by molar-refractivity contribution is 1.08. The second kappa shape index (κ2) is 5.23. The molecule has 98 valence electrons. The summed E-state index contributed by atoms with van der Waals surface area (Å²) in [5.41, 5.74) is 0.838. The highest BCUT2D eigenvalue weighted by atomic mass is 35.5. The van der Waals surface area contributed by atoms with Gasteiger partial charge in [0.25, 0.3) is 0 Å². The van der Waals surface area contributed by atoms with Gasteiger partial charge in [0.1, 0.15) is 18.0 Å². The molecule has 0 atom stereocenters. The van der Waals surface area contributed by atoms with Crippen molar-refractivity contribution in [2.75, 3.05) is 10.6 Å². The molecule has 1 heterocycles. The lowest BCUT2D eigenvalue weighted by Gasteiger charge is -2.08. The van der Waals surface area contributed by atoms with E-state index >= 15 is 0 Å². The molecule has 0 unspecified atom stereocenters. The largest absolute Gasteiger partial charge is 0.367 e. The van der Waals surface area contributed by atoms with Crippen LogP contribution in [0, 0.1) is 0 Å². The molecule has 0 saturated heterocycles. The van der Waals surface area contributed by atoms with Gasteiger partial charge in [-0.05, 0) is 31.0 Å². The van der Waals surface area contributed by atoms with Gasteiger partial charge in [-0.15, -0.1) is 0 Å². The van der Waals surface area contributed by atoms with E-state index in [-0.39, 0.29) is 0 Å². The first-order valence-corrected chi connectivity index (χ1v) is 6.77. The van der Waals surface area contributed by atoms with E-state index in [0.29, 0.717) is 16.1 Å². The van der Waals surface area contributed by atoms with E-state index in [1.54, 1.807) is 12.1 Å².